The van der Waals surface area contributed by atoms with E-state index in [-0.39, 0.29) is 6.42 Å². The number of carboxylic acid groups (broad SMARTS) is 1. The third kappa shape index (κ3) is 6.48. The van der Waals surface area contributed by atoms with Crippen molar-refractivity contribution in [2.45, 2.75) is 32.8 Å². The van der Waals surface area contributed by atoms with Gasteiger partial charge in [-0.3, -0.25) is 10.1 Å². The molecule has 0 aromatic carbocycles. The lowest BCUT2D eigenvalue weighted by Crippen LogP contribution is -2.26. The van der Waals surface area contributed by atoms with Crippen LogP contribution in [0.3, 0.4) is 0 Å². The van der Waals surface area contributed by atoms with Crippen LogP contribution < -0.4 is 5.32 Å². The summed E-state index contributed by atoms with van der Waals surface area (Å²) in [4.78, 5) is 21.8. The summed E-state index contributed by atoms with van der Waals surface area (Å²) in [6.45, 7) is 5.34. The fourth-order valence-corrected chi connectivity index (χ4v) is 1.81. The van der Waals surface area contributed by atoms with Crippen molar-refractivity contribution >= 4 is 28.4 Å². The normalized spacial score (nSPS) is 10.3. The topological polar surface area (TPSA) is 75.6 Å². The van der Waals surface area contributed by atoms with Crippen LogP contribution in [0.5, 0.6) is 0 Å². The standard InChI is InChI=1S/C13H15NO4S/c1-13(2,3)18-12(17)14-10-7-9(8-19-10)5-4-6-11(15)16/h7-8H,6H2,1-3H3,(H,14,17)(H,15,16). The number of amides is 1. The molecular weight excluding hydrogens is 266 g/mol. The third-order valence-electron chi connectivity index (χ3n) is 1.70. The first-order valence-corrected chi connectivity index (χ1v) is 6.43. The van der Waals surface area contributed by atoms with Gasteiger partial charge in [-0.2, -0.15) is 0 Å². The van der Waals surface area contributed by atoms with Gasteiger partial charge in [0.25, 0.3) is 0 Å². The molecule has 1 rings (SSSR count). The minimum absolute atomic E-state index is 0.204. The Bertz CT molecular complexity index is 531. The first-order chi connectivity index (χ1) is 8.76. The van der Waals surface area contributed by atoms with Crippen molar-refractivity contribution < 1.29 is 19.4 Å². The van der Waals surface area contributed by atoms with Crippen LogP contribution in [0, 0.1) is 11.8 Å². The van der Waals surface area contributed by atoms with Crippen LogP contribution in [0.4, 0.5) is 9.80 Å². The minimum Gasteiger partial charge on any atom is -0.481 e. The van der Waals surface area contributed by atoms with Crippen molar-refractivity contribution in [1.29, 1.82) is 0 Å². The molecule has 1 heterocycles. The summed E-state index contributed by atoms with van der Waals surface area (Å²) in [7, 11) is 0. The lowest BCUT2D eigenvalue weighted by Gasteiger charge is -2.19. The van der Waals surface area contributed by atoms with Crippen molar-refractivity contribution in [2.24, 2.45) is 0 Å². The van der Waals surface area contributed by atoms with E-state index in [1.54, 1.807) is 32.2 Å². The van der Waals surface area contributed by atoms with Gasteiger partial charge < -0.3 is 9.84 Å². The molecule has 0 radical (unpaired) electrons. The molecule has 0 saturated carbocycles. The summed E-state index contributed by atoms with van der Waals surface area (Å²) in [5.74, 6) is 4.26. The molecule has 5 nitrogen and oxygen atoms in total. The molecule has 1 amide bonds. The van der Waals surface area contributed by atoms with Crippen molar-refractivity contribution in [3.8, 4) is 11.8 Å². The Labute approximate surface area is 115 Å². The Balaban J connectivity index is 2.57. The largest absolute Gasteiger partial charge is 0.481 e. The van der Waals surface area contributed by atoms with Gasteiger partial charge in [-0.25, -0.2) is 4.79 Å². The zero-order valence-electron chi connectivity index (χ0n) is 10.9. The molecule has 2 N–H and O–H groups in total. The third-order valence-corrected chi connectivity index (χ3v) is 2.54. The van der Waals surface area contributed by atoms with E-state index in [1.165, 1.54) is 11.3 Å². The number of carbonyl (C=O) groups excluding carboxylic acids is 1. The summed E-state index contributed by atoms with van der Waals surface area (Å²) >= 11 is 1.30. The summed E-state index contributed by atoms with van der Waals surface area (Å²) in [6.07, 6.45) is -0.732. The summed E-state index contributed by atoms with van der Waals surface area (Å²) < 4.78 is 5.11. The van der Waals surface area contributed by atoms with Crippen LogP contribution >= 0.6 is 11.3 Å². The van der Waals surface area contributed by atoms with E-state index < -0.39 is 17.7 Å². The van der Waals surface area contributed by atoms with Gasteiger partial charge in [-0.15, -0.1) is 11.3 Å². The van der Waals surface area contributed by atoms with E-state index in [0.29, 0.717) is 10.6 Å². The second-order valence-corrected chi connectivity index (χ2v) is 5.61. The van der Waals surface area contributed by atoms with E-state index in [0.717, 1.165) is 0 Å². The average molecular weight is 281 g/mol. The highest BCUT2D eigenvalue weighted by Gasteiger charge is 2.16. The number of rotatable bonds is 2. The molecule has 0 aliphatic heterocycles. The number of carbonyl (C=O) groups is 2. The number of carboxylic acids is 1. The van der Waals surface area contributed by atoms with Gasteiger partial charge in [0, 0.05) is 10.9 Å². The maximum absolute atomic E-state index is 11.5. The molecule has 0 fully saturated rings. The average Bonchev–Trinajstić information content (AvgIpc) is 2.61. The number of aliphatic carboxylic acids is 1. The Morgan fingerprint density at radius 2 is 2.16 bits per heavy atom. The number of ether oxygens (including phenoxy) is 1. The molecule has 0 aliphatic carbocycles. The number of hydrogen-bond donors (Lipinski definition) is 2. The van der Waals surface area contributed by atoms with Gasteiger partial charge in [0.05, 0.1) is 5.00 Å². The van der Waals surface area contributed by atoms with Gasteiger partial charge in [0.1, 0.15) is 12.0 Å². The highest BCUT2D eigenvalue weighted by Crippen LogP contribution is 2.20. The molecule has 102 valence electrons. The molecule has 0 bridgehead atoms. The van der Waals surface area contributed by atoms with Crippen molar-refractivity contribution in [1.82, 2.24) is 0 Å². The second kappa shape index (κ2) is 6.25. The first kappa shape index (κ1) is 15.1. The van der Waals surface area contributed by atoms with Crippen molar-refractivity contribution in [3.63, 3.8) is 0 Å². The van der Waals surface area contributed by atoms with Crippen molar-refractivity contribution in [2.75, 3.05) is 5.32 Å². The lowest BCUT2D eigenvalue weighted by molar-refractivity contribution is -0.135. The van der Waals surface area contributed by atoms with Gasteiger partial charge in [-0.05, 0) is 26.8 Å². The van der Waals surface area contributed by atoms with Gasteiger partial charge in [-0.1, -0.05) is 11.8 Å². The van der Waals surface area contributed by atoms with Crippen LogP contribution in [-0.2, 0) is 9.53 Å². The van der Waals surface area contributed by atoms with Gasteiger partial charge in [0.2, 0.25) is 0 Å². The Kier molecular flexibility index (Phi) is 4.95. The summed E-state index contributed by atoms with van der Waals surface area (Å²) in [5, 5.41) is 13.4. The number of hydrogen-bond acceptors (Lipinski definition) is 4. The Morgan fingerprint density at radius 1 is 1.47 bits per heavy atom. The second-order valence-electron chi connectivity index (χ2n) is 4.70. The molecule has 0 atom stereocenters. The fraction of sp³-hybridized carbons (Fsp3) is 0.385. The molecule has 19 heavy (non-hydrogen) atoms. The van der Waals surface area contributed by atoms with E-state index >= 15 is 0 Å². The Morgan fingerprint density at radius 3 is 2.74 bits per heavy atom. The molecule has 6 heteroatoms. The van der Waals surface area contributed by atoms with E-state index in [2.05, 4.69) is 17.2 Å². The van der Waals surface area contributed by atoms with E-state index in [1.807, 2.05) is 0 Å². The van der Waals surface area contributed by atoms with Crippen LogP contribution in [0.25, 0.3) is 0 Å². The predicted molar refractivity (Wildman–Crippen MR) is 73.3 cm³/mol. The van der Waals surface area contributed by atoms with Crippen LogP contribution in [0.2, 0.25) is 0 Å². The predicted octanol–water partition coefficient (Wildman–Crippen LogP) is 2.92. The van der Waals surface area contributed by atoms with Crippen LogP contribution in [0.1, 0.15) is 32.8 Å². The molecule has 0 unspecified atom stereocenters. The smallest absolute Gasteiger partial charge is 0.412 e. The summed E-state index contributed by atoms with van der Waals surface area (Å²) in [5.41, 5.74) is 0.114. The number of thiophene rings is 1. The fourth-order valence-electron chi connectivity index (χ4n) is 1.09. The molecule has 0 spiro atoms. The quantitative estimate of drug-likeness (QED) is 0.817. The van der Waals surface area contributed by atoms with Crippen LogP contribution in [-0.4, -0.2) is 22.8 Å². The van der Waals surface area contributed by atoms with Gasteiger partial charge in [0.15, 0.2) is 0 Å². The zero-order chi connectivity index (χ0) is 14.5. The maximum atomic E-state index is 11.5. The monoisotopic (exact) mass is 281 g/mol. The summed E-state index contributed by atoms with van der Waals surface area (Å²) in [6, 6.07) is 1.67. The Hall–Kier alpha value is -2.00. The maximum Gasteiger partial charge on any atom is 0.412 e. The minimum atomic E-state index is -0.963. The lowest BCUT2D eigenvalue weighted by atomic mass is 10.2. The molecule has 1 aromatic heterocycles. The molecule has 0 aliphatic rings. The molecule has 1 aromatic rings. The van der Waals surface area contributed by atoms with Crippen LogP contribution in [0.15, 0.2) is 11.4 Å². The number of nitrogens with one attached hydrogen (secondary N) is 1. The molecule has 0 saturated heterocycles. The molecular formula is C13H15NO4S. The highest BCUT2D eigenvalue weighted by molar-refractivity contribution is 7.14. The zero-order valence-corrected chi connectivity index (χ0v) is 11.8. The SMILES string of the molecule is CC(C)(C)OC(=O)Nc1cc(C#CCC(=O)O)cs1. The van der Waals surface area contributed by atoms with E-state index in [9.17, 15) is 9.59 Å². The first-order valence-electron chi connectivity index (χ1n) is 5.55. The van der Waals surface area contributed by atoms with E-state index in [4.69, 9.17) is 9.84 Å². The highest BCUT2D eigenvalue weighted by atomic mass is 32.1. The van der Waals surface area contributed by atoms with Gasteiger partial charge >= 0.3 is 12.1 Å². The number of anilines is 1. The van der Waals surface area contributed by atoms with Crippen molar-refractivity contribution in [3.05, 3.63) is 17.0 Å².